The van der Waals surface area contributed by atoms with Gasteiger partial charge in [-0.3, -0.25) is 4.98 Å². The molecule has 2 rings (SSSR count). The molecule has 0 amide bonds. The van der Waals surface area contributed by atoms with Crippen molar-refractivity contribution in [3.63, 3.8) is 0 Å². The molecule has 2 nitrogen and oxygen atoms in total. The summed E-state index contributed by atoms with van der Waals surface area (Å²) in [5, 5.41) is 1.70. The van der Waals surface area contributed by atoms with Crippen molar-refractivity contribution in [2.75, 3.05) is 7.11 Å². The van der Waals surface area contributed by atoms with Gasteiger partial charge in [0.1, 0.15) is 5.75 Å². The van der Waals surface area contributed by atoms with Crippen LogP contribution in [-0.4, -0.2) is 12.1 Å². The molecular formula is C10H7ClINO. The second-order valence-corrected chi connectivity index (χ2v) is 4.29. The SMILES string of the molecule is COc1ccc2ncc(Cl)c(I)c2c1. The van der Waals surface area contributed by atoms with Gasteiger partial charge in [-0.2, -0.15) is 0 Å². The van der Waals surface area contributed by atoms with Gasteiger partial charge < -0.3 is 4.74 Å². The average molecular weight is 320 g/mol. The molecule has 1 aromatic carbocycles. The van der Waals surface area contributed by atoms with Gasteiger partial charge in [0, 0.05) is 15.2 Å². The Balaban J connectivity index is 2.78. The number of hydrogen-bond donors (Lipinski definition) is 0. The van der Waals surface area contributed by atoms with Crippen molar-refractivity contribution in [2.45, 2.75) is 0 Å². The van der Waals surface area contributed by atoms with E-state index in [4.69, 9.17) is 16.3 Å². The Hall–Kier alpha value is -0.550. The van der Waals surface area contributed by atoms with Crippen LogP contribution >= 0.6 is 34.2 Å². The Labute approximate surface area is 100 Å². The second-order valence-electron chi connectivity index (χ2n) is 2.80. The molecule has 1 aromatic heterocycles. The van der Waals surface area contributed by atoms with Crippen molar-refractivity contribution >= 4 is 45.1 Å². The topological polar surface area (TPSA) is 22.1 Å². The van der Waals surface area contributed by atoms with E-state index in [1.807, 2.05) is 18.2 Å². The summed E-state index contributed by atoms with van der Waals surface area (Å²) in [5.74, 6) is 0.819. The van der Waals surface area contributed by atoms with E-state index in [9.17, 15) is 0 Å². The molecule has 0 fully saturated rings. The van der Waals surface area contributed by atoms with Gasteiger partial charge in [-0.1, -0.05) is 11.6 Å². The number of methoxy groups -OCH3 is 1. The van der Waals surface area contributed by atoms with Crippen molar-refractivity contribution in [2.24, 2.45) is 0 Å². The van der Waals surface area contributed by atoms with Gasteiger partial charge in [-0.25, -0.2) is 0 Å². The highest BCUT2D eigenvalue weighted by Gasteiger charge is 2.05. The molecule has 0 unspecified atom stereocenters. The summed E-state index contributed by atoms with van der Waals surface area (Å²) in [6.45, 7) is 0. The first-order chi connectivity index (χ1) is 6.72. The summed E-state index contributed by atoms with van der Waals surface area (Å²) in [6, 6.07) is 5.75. The van der Waals surface area contributed by atoms with Crippen molar-refractivity contribution in [3.8, 4) is 5.75 Å². The summed E-state index contributed by atoms with van der Waals surface area (Å²) >= 11 is 8.18. The lowest BCUT2D eigenvalue weighted by Crippen LogP contribution is -1.87. The van der Waals surface area contributed by atoms with Gasteiger partial charge in [-0.15, -0.1) is 0 Å². The van der Waals surface area contributed by atoms with Crippen LogP contribution in [0, 0.1) is 3.57 Å². The highest BCUT2D eigenvalue weighted by Crippen LogP contribution is 2.28. The Bertz CT molecular complexity index is 487. The largest absolute Gasteiger partial charge is 0.497 e. The molecule has 72 valence electrons. The first-order valence-corrected chi connectivity index (χ1v) is 5.46. The van der Waals surface area contributed by atoms with Crippen LogP contribution in [0.4, 0.5) is 0 Å². The number of benzene rings is 1. The average Bonchev–Trinajstić information content (AvgIpc) is 2.23. The standard InChI is InChI=1S/C10H7ClINO/c1-14-6-2-3-9-7(4-6)10(12)8(11)5-13-9/h2-5H,1H3. The zero-order valence-corrected chi connectivity index (χ0v) is 10.3. The van der Waals surface area contributed by atoms with Gasteiger partial charge >= 0.3 is 0 Å². The Morgan fingerprint density at radius 3 is 2.93 bits per heavy atom. The number of nitrogens with zero attached hydrogens (tertiary/aromatic N) is 1. The van der Waals surface area contributed by atoms with Crippen LogP contribution in [-0.2, 0) is 0 Å². The van der Waals surface area contributed by atoms with E-state index in [1.54, 1.807) is 13.3 Å². The fourth-order valence-electron chi connectivity index (χ4n) is 1.24. The van der Waals surface area contributed by atoms with Crippen molar-refractivity contribution in [3.05, 3.63) is 33.0 Å². The van der Waals surface area contributed by atoms with Crippen LogP contribution in [0.25, 0.3) is 10.9 Å². The van der Waals surface area contributed by atoms with E-state index in [-0.39, 0.29) is 0 Å². The third kappa shape index (κ3) is 1.66. The third-order valence-electron chi connectivity index (χ3n) is 1.97. The fraction of sp³-hybridized carbons (Fsp3) is 0.100. The van der Waals surface area contributed by atoms with Crippen LogP contribution < -0.4 is 4.74 Å². The minimum Gasteiger partial charge on any atom is -0.497 e. The van der Waals surface area contributed by atoms with E-state index < -0.39 is 0 Å². The van der Waals surface area contributed by atoms with Gasteiger partial charge in [-0.05, 0) is 40.8 Å². The predicted octanol–water partition coefficient (Wildman–Crippen LogP) is 3.50. The smallest absolute Gasteiger partial charge is 0.119 e. The molecular weight excluding hydrogens is 312 g/mol. The number of pyridine rings is 1. The quantitative estimate of drug-likeness (QED) is 0.751. The molecule has 0 aliphatic rings. The van der Waals surface area contributed by atoms with Crippen LogP contribution in [0.2, 0.25) is 5.02 Å². The molecule has 1 heterocycles. The number of ether oxygens (including phenoxy) is 1. The van der Waals surface area contributed by atoms with Gasteiger partial charge in [0.25, 0.3) is 0 Å². The molecule has 0 spiro atoms. The molecule has 0 atom stereocenters. The van der Waals surface area contributed by atoms with Crippen molar-refractivity contribution in [1.29, 1.82) is 0 Å². The third-order valence-corrected chi connectivity index (χ3v) is 3.73. The Kier molecular flexibility index (Phi) is 2.78. The normalized spacial score (nSPS) is 10.5. The van der Waals surface area contributed by atoms with Crippen LogP contribution in [0.1, 0.15) is 0 Å². The van der Waals surface area contributed by atoms with Crippen molar-refractivity contribution in [1.82, 2.24) is 4.98 Å². The van der Waals surface area contributed by atoms with Gasteiger partial charge in [0.05, 0.1) is 17.6 Å². The van der Waals surface area contributed by atoms with Gasteiger partial charge in [0.15, 0.2) is 0 Å². The lowest BCUT2D eigenvalue weighted by Gasteiger charge is -2.04. The van der Waals surface area contributed by atoms with E-state index in [0.29, 0.717) is 5.02 Å². The van der Waals surface area contributed by atoms with E-state index in [2.05, 4.69) is 27.6 Å². The van der Waals surface area contributed by atoms with E-state index in [1.165, 1.54) is 0 Å². The van der Waals surface area contributed by atoms with Gasteiger partial charge in [0.2, 0.25) is 0 Å². The summed E-state index contributed by atoms with van der Waals surface area (Å²) in [4.78, 5) is 4.22. The molecule has 4 heteroatoms. The first-order valence-electron chi connectivity index (χ1n) is 4.00. The summed E-state index contributed by atoms with van der Waals surface area (Å²) < 4.78 is 6.15. The van der Waals surface area contributed by atoms with Crippen LogP contribution in [0.15, 0.2) is 24.4 Å². The van der Waals surface area contributed by atoms with Crippen molar-refractivity contribution < 1.29 is 4.74 Å². The Morgan fingerprint density at radius 2 is 2.21 bits per heavy atom. The summed E-state index contributed by atoms with van der Waals surface area (Å²) in [6.07, 6.45) is 1.66. The maximum atomic E-state index is 5.97. The lowest BCUT2D eigenvalue weighted by atomic mass is 10.2. The maximum Gasteiger partial charge on any atom is 0.119 e. The van der Waals surface area contributed by atoms with Crippen LogP contribution in [0.3, 0.4) is 0 Å². The minimum atomic E-state index is 0.673. The Morgan fingerprint density at radius 1 is 1.43 bits per heavy atom. The minimum absolute atomic E-state index is 0.673. The lowest BCUT2D eigenvalue weighted by molar-refractivity contribution is 0.415. The van der Waals surface area contributed by atoms with E-state index >= 15 is 0 Å². The zero-order valence-electron chi connectivity index (χ0n) is 7.42. The summed E-state index contributed by atoms with van der Waals surface area (Å²) in [5.41, 5.74) is 0.930. The predicted molar refractivity (Wildman–Crippen MR) is 66.0 cm³/mol. The first kappa shape index (κ1) is 9.98. The maximum absolute atomic E-state index is 5.97. The molecule has 0 aliphatic heterocycles. The fourth-order valence-corrected chi connectivity index (χ4v) is 1.96. The number of rotatable bonds is 1. The number of aromatic nitrogens is 1. The second kappa shape index (κ2) is 3.90. The molecule has 0 saturated carbocycles. The molecule has 0 aliphatic carbocycles. The number of halogens is 2. The van der Waals surface area contributed by atoms with E-state index in [0.717, 1.165) is 20.2 Å². The molecule has 0 bridgehead atoms. The summed E-state index contributed by atoms with van der Waals surface area (Å²) in [7, 11) is 1.64. The molecule has 0 saturated heterocycles. The monoisotopic (exact) mass is 319 g/mol. The highest BCUT2D eigenvalue weighted by molar-refractivity contribution is 14.1. The zero-order chi connectivity index (χ0) is 10.1. The highest BCUT2D eigenvalue weighted by atomic mass is 127. The molecule has 14 heavy (non-hydrogen) atoms. The number of hydrogen-bond acceptors (Lipinski definition) is 2. The van der Waals surface area contributed by atoms with Crippen LogP contribution in [0.5, 0.6) is 5.75 Å². The number of fused-ring (bicyclic) bond motifs is 1. The molecule has 0 radical (unpaired) electrons. The molecule has 2 aromatic rings. The molecule has 0 N–H and O–H groups in total.